The molecule has 0 aliphatic carbocycles. The Balaban J connectivity index is 1.96. The highest BCUT2D eigenvalue weighted by Crippen LogP contribution is 2.36. The topological polar surface area (TPSA) is 123 Å². The quantitative estimate of drug-likeness (QED) is 0.432. The first-order valence-corrected chi connectivity index (χ1v) is 7.54. The van der Waals surface area contributed by atoms with Crippen molar-refractivity contribution in [1.29, 1.82) is 0 Å². The molecule has 0 unspecified atom stereocenters. The minimum Gasteiger partial charge on any atom is -0.500 e. The molecule has 0 aromatic heterocycles. The summed E-state index contributed by atoms with van der Waals surface area (Å²) in [5.74, 6) is -0.739. The van der Waals surface area contributed by atoms with E-state index in [4.69, 9.17) is 21.1 Å². The number of phenolic OH excluding ortho intramolecular Hbond substituents is 1. The predicted molar refractivity (Wildman–Crippen MR) is 94.0 cm³/mol. The maximum Gasteiger partial charge on any atom is 0.315 e. The van der Waals surface area contributed by atoms with Gasteiger partial charge in [0.05, 0.1) is 18.2 Å². The fourth-order valence-corrected chi connectivity index (χ4v) is 2.00. The minimum atomic E-state index is -0.756. The third-order valence-corrected chi connectivity index (χ3v) is 3.33. The number of benzene rings is 2. The van der Waals surface area contributed by atoms with Gasteiger partial charge in [0, 0.05) is 16.7 Å². The van der Waals surface area contributed by atoms with Crippen LogP contribution in [-0.2, 0) is 4.79 Å². The van der Waals surface area contributed by atoms with E-state index in [1.807, 2.05) is 0 Å². The van der Waals surface area contributed by atoms with Crippen molar-refractivity contribution >= 4 is 29.4 Å². The molecular weight excluding hydrogens is 366 g/mol. The summed E-state index contributed by atoms with van der Waals surface area (Å²) in [6.07, 6.45) is 1.18. The maximum absolute atomic E-state index is 11.7. The minimum absolute atomic E-state index is 0.0851. The van der Waals surface area contributed by atoms with Crippen LogP contribution in [0.5, 0.6) is 17.2 Å². The van der Waals surface area contributed by atoms with Crippen molar-refractivity contribution in [2.24, 2.45) is 5.10 Å². The van der Waals surface area contributed by atoms with E-state index in [1.165, 1.54) is 19.4 Å². The average molecular weight is 380 g/mol. The molecule has 2 aromatic rings. The molecule has 1 amide bonds. The van der Waals surface area contributed by atoms with Gasteiger partial charge < -0.3 is 14.6 Å². The second-order valence-corrected chi connectivity index (χ2v) is 5.32. The van der Waals surface area contributed by atoms with Crippen molar-refractivity contribution in [1.82, 2.24) is 5.43 Å². The summed E-state index contributed by atoms with van der Waals surface area (Å²) in [6, 6.07) is 8.90. The van der Waals surface area contributed by atoms with E-state index >= 15 is 0 Å². The highest BCUT2D eigenvalue weighted by Gasteiger charge is 2.19. The van der Waals surface area contributed by atoms with Crippen LogP contribution in [0.1, 0.15) is 5.56 Å². The number of phenols is 1. The molecule has 0 aliphatic rings. The number of hydrazone groups is 1. The Morgan fingerprint density at radius 2 is 2.08 bits per heavy atom. The third kappa shape index (κ3) is 5.08. The van der Waals surface area contributed by atoms with Crippen molar-refractivity contribution in [3.8, 4) is 17.2 Å². The summed E-state index contributed by atoms with van der Waals surface area (Å²) in [4.78, 5) is 21.8. The molecule has 10 heteroatoms. The highest BCUT2D eigenvalue weighted by molar-refractivity contribution is 6.30. The predicted octanol–water partition coefficient (Wildman–Crippen LogP) is 2.49. The molecule has 26 heavy (non-hydrogen) atoms. The zero-order chi connectivity index (χ0) is 19.1. The number of nitro benzene ring substituents is 1. The Hall–Kier alpha value is -3.33. The molecule has 136 valence electrons. The summed E-state index contributed by atoms with van der Waals surface area (Å²) in [5.41, 5.74) is 1.94. The van der Waals surface area contributed by atoms with Gasteiger partial charge >= 0.3 is 5.69 Å². The Labute approximate surface area is 153 Å². The van der Waals surface area contributed by atoms with E-state index in [1.54, 1.807) is 24.3 Å². The summed E-state index contributed by atoms with van der Waals surface area (Å²) in [7, 11) is 1.26. The van der Waals surface area contributed by atoms with Gasteiger partial charge in [0.2, 0.25) is 5.75 Å². The van der Waals surface area contributed by atoms with Crippen molar-refractivity contribution in [2.75, 3.05) is 13.7 Å². The fourth-order valence-electron chi connectivity index (χ4n) is 1.87. The van der Waals surface area contributed by atoms with Crippen LogP contribution in [0.3, 0.4) is 0 Å². The number of carbonyl (C=O) groups excluding carboxylic acids is 1. The molecule has 0 fully saturated rings. The largest absolute Gasteiger partial charge is 0.500 e. The number of amides is 1. The standard InChI is InChI=1S/C16H14ClN3O6/c1-25-14-7-10(6-13(16(14)22)20(23)24)8-18-19-15(21)9-26-12-4-2-11(17)3-5-12/h2-8,22H,9H2,1H3,(H,19,21)/b18-8-. The van der Waals surface area contributed by atoms with Gasteiger partial charge in [0.15, 0.2) is 12.4 Å². The number of nitrogens with one attached hydrogen (secondary N) is 1. The lowest BCUT2D eigenvalue weighted by Crippen LogP contribution is -2.24. The third-order valence-electron chi connectivity index (χ3n) is 3.08. The molecule has 0 bridgehead atoms. The first-order chi connectivity index (χ1) is 12.4. The molecule has 0 radical (unpaired) electrons. The molecule has 9 nitrogen and oxygen atoms in total. The van der Waals surface area contributed by atoms with Crippen molar-refractivity contribution in [2.45, 2.75) is 0 Å². The number of nitrogens with zero attached hydrogens (tertiary/aromatic N) is 2. The molecule has 0 aliphatic heterocycles. The second kappa shape index (κ2) is 8.67. The van der Waals surface area contributed by atoms with Gasteiger partial charge in [-0.3, -0.25) is 14.9 Å². The average Bonchev–Trinajstić information content (AvgIpc) is 2.62. The molecule has 2 aromatic carbocycles. The molecule has 0 saturated heterocycles. The number of rotatable bonds is 7. The van der Waals surface area contributed by atoms with Crippen LogP contribution in [0.15, 0.2) is 41.5 Å². The van der Waals surface area contributed by atoms with Gasteiger partial charge in [-0.05, 0) is 30.3 Å². The maximum atomic E-state index is 11.7. The second-order valence-electron chi connectivity index (χ2n) is 4.88. The van der Waals surface area contributed by atoms with Crippen LogP contribution in [0.25, 0.3) is 0 Å². The number of hydrogen-bond acceptors (Lipinski definition) is 7. The van der Waals surface area contributed by atoms with E-state index in [-0.39, 0.29) is 17.9 Å². The number of aromatic hydroxyl groups is 1. The molecular formula is C16H14ClN3O6. The van der Waals surface area contributed by atoms with E-state index in [9.17, 15) is 20.0 Å². The zero-order valence-corrected chi connectivity index (χ0v) is 14.3. The van der Waals surface area contributed by atoms with Crippen LogP contribution < -0.4 is 14.9 Å². The number of ether oxygens (including phenoxy) is 2. The molecule has 2 N–H and O–H groups in total. The van der Waals surface area contributed by atoms with Gasteiger partial charge in [-0.1, -0.05) is 11.6 Å². The van der Waals surface area contributed by atoms with E-state index in [2.05, 4.69) is 10.5 Å². The van der Waals surface area contributed by atoms with Crippen LogP contribution >= 0.6 is 11.6 Å². The Kier molecular flexibility index (Phi) is 6.34. The first-order valence-electron chi connectivity index (χ1n) is 7.16. The molecule has 2 rings (SSSR count). The Morgan fingerprint density at radius 3 is 2.69 bits per heavy atom. The van der Waals surface area contributed by atoms with Crippen molar-refractivity contribution in [3.63, 3.8) is 0 Å². The number of nitro groups is 1. The van der Waals surface area contributed by atoms with Crippen molar-refractivity contribution < 1.29 is 24.3 Å². The summed E-state index contributed by atoms with van der Waals surface area (Å²) < 4.78 is 10.1. The van der Waals surface area contributed by atoms with Gasteiger partial charge in [0.1, 0.15) is 5.75 Å². The van der Waals surface area contributed by atoms with E-state index in [0.29, 0.717) is 10.8 Å². The smallest absolute Gasteiger partial charge is 0.315 e. The molecule has 0 atom stereocenters. The van der Waals surface area contributed by atoms with Crippen LogP contribution in [0, 0.1) is 10.1 Å². The molecule has 0 heterocycles. The van der Waals surface area contributed by atoms with Crippen LogP contribution in [-0.4, -0.2) is 35.9 Å². The van der Waals surface area contributed by atoms with Crippen LogP contribution in [0.4, 0.5) is 5.69 Å². The lowest BCUT2D eigenvalue weighted by Gasteiger charge is -2.06. The molecule has 0 spiro atoms. The lowest BCUT2D eigenvalue weighted by molar-refractivity contribution is -0.386. The normalized spacial score (nSPS) is 10.5. The van der Waals surface area contributed by atoms with E-state index in [0.717, 1.165) is 6.07 Å². The number of halogens is 1. The Morgan fingerprint density at radius 1 is 1.38 bits per heavy atom. The number of hydrogen-bond donors (Lipinski definition) is 2. The van der Waals surface area contributed by atoms with Crippen LogP contribution in [0.2, 0.25) is 5.02 Å². The monoisotopic (exact) mass is 379 g/mol. The fraction of sp³-hybridized carbons (Fsp3) is 0.125. The first kappa shape index (κ1) is 19.0. The van der Waals surface area contributed by atoms with Crippen molar-refractivity contribution in [3.05, 3.63) is 57.1 Å². The van der Waals surface area contributed by atoms with Gasteiger partial charge in [0.25, 0.3) is 5.91 Å². The summed E-state index contributed by atoms with van der Waals surface area (Å²) in [6.45, 7) is -0.280. The zero-order valence-electron chi connectivity index (χ0n) is 13.5. The Bertz CT molecular complexity index is 839. The molecule has 0 saturated carbocycles. The summed E-state index contributed by atoms with van der Waals surface area (Å²) in [5, 5.41) is 24.8. The number of methoxy groups -OCH3 is 1. The number of carbonyl (C=O) groups is 1. The van der Waals surface area contributed by atoms with Gasteiger partial charge in [-0.25, -0.2) is 5.43 Å². The summed E-state index contributed by atoms with van der Waals surface area (Å²) >= 11 is 5.74. The van der Waals surface area contributed by atoms with Gasteiger partial charge in [-0.2, -0.15) is 5.10 Å². The lowest BCUT2D eigenvalue weighted by atomic mass is 10.2. The van der Waals surface area contributed by atoms with E-state index < -0.39 is 22.3 Å². The SMILES string of the molecule is COc1cc(/C=N\NC(=O)COc2ccc(Cl)cc2)cc([N+](=O)[O-])c1O. The highest BCUT2D eigenvalue weighted by atomic mass is 35.5. The van der Waals surface area contributed by atoms with Gasteiger partial charge in [-0.15, -0.1) is 0 Å².